The number of aromatic nitrogens is 2. The molecule has 4 rings (SSSR count). The maximum Gasteiger partial charge on any atom is 0.425 e. The summed E-state index contributed by atoms with van der Waals surface area (Å²) in [6.07, 6.45) is -4.89. The summed E-state index contributed by atoms with van der Waals surface area (Å²) < 4.78 is 80.5. The van der Waals surface area contributed by atoms with E-state index in [1.54, 1.807) is 18.2 Å². The molecule has 1 fully saturated rings. The molecule has 0 radical (unpaired) electrons. The zero-order valence-electron chi connectivity index (χ0n) is 20.6. The molecule has 204 valence electrons. The van der Waals surface area contributed by atoms with Gasteiger partial charge in [0, 0.05) is 32.7 Å². The number of amides is 2. The smallest absolute Gasteiger partial charge is 0.425 e. The molecular weight excluding hydrogens is 513 g/mol. The Balaban J connectivity index is 1.63. The van der Waals surface area contributed by atoms with E-state index in [-0.39, 0.29) is 5.69 Å². The van der Waals surface area contributed by atoms with Gasteiger partial charge in [-0.05, 0) is 29.8 Å². The average molecular weight is 540 g/mol. The molecule has 1 aliphatic rings. The van der Waals surface area contributed by atoms with E-state index in [1.807, 2.05) is 4.90 Å². The number of methoxy groups -OCH3 is 2. The summed E-state index contributed by atoms with van der Waals surface area (Å²) in [6, 6.07) is 9.89. The van der Waals surface area contributed by atoms with Crippen molar-refractivity contribution in [2.45, 2.75) is 18.1 Å². The highest BCUT2D eigenvalue weighted by Gasteiger charge is 2.43. The normalized spacial score (nSPS) is 18.0. The van der Waals surface area contributed by atoms with Gasteiger partial charge in [-0.2, -0.15) is 13.2 Å². The number of hydrogen-bond donors (Lipinski definition) is 2. The molecule has 2 amide bonds. The molecule has 2 aromatic carbocycles. The molecular formula is C25H26F5N5O3. The number of likely N-dealkylation sites (tertiary alicyclic amines) is 1. The number of ether oxygens (including phenoxy) is 2. The molecule has 1 aromatic heterocycles. The van der Waals surface area contributed by atoms with Crippen LogP contribution in [0, 0.1) is 11.6 Å². The largest absolute Gasteiger partial charge is 0.479 e. The quantitative estimate of drug-likeness (QED) is 0.415. The molecule has 2 atom stereocenters. The van der Waals surface area contributed by atoms with E-state index in [2.05, 4.69) is 15.7 Å². The topological polar surface area (TPSA) is 80.7 Å². The van der Waals surface area contributed by atoms with Crippen molar-refractivity contribution in [3.8, 4) is 11.6 Å². The standard InChI is InChI=1S/C25H26F5N5O3/c1-37-11-10-34-13-17(15-8-9-18(26)19(27)12-15)20(14-34)31-24(36)32-22-21(25(28,29)30)23(38-2)33-35(22)16-6-4-3-5-7-16/h3-9,12,17,20H,10-11,13-14H2,1-2H3,(H2,31,32,36). The van der Waals surface area contributed by atoms with Crippen molar-refractivity contribution < 1.29 is 36.2 Å². The average Bonchev–Trinajstić information content (AvgIpc) is 3.46. The molecule has 1 aliphatic heterocycles. The molecule has 1 saturated heterocycles. The third-order valence-corrected chi connectivity index (χ3v) is 6.26. The molecule has 2 heterocycles. The van der Waals surface area contributed by atoms with Gasteiger partial charge in [0.2, 0.25) is 5.88 Å². The first-order chi connectivity index (χ1) is 18.1. The van der Waals surface area contributed by atoms with Crippen LogP contribution < -0.4 is 15.4 Å². The molecule has 0 saturated carbocycles. The Morgan fingerprint density at radius 1 is 1.08 bits per heavy atom. The van der Waals surface area contributed by atoms with Crippen molar-refractivity contribution in [1.29, 1.82) is 0 Å². The van der Waals surface area contributed by atoms with E-state index in [9.17, 15) is 26.7 Å². The predicted octanol–water partition coefficient (Wildman–Crippen LogP) is 4.41. The molecule has 0 bridgehead atoms. The lowest BCUT2D eigenvalue weighted by molar-refractivity contribution is -0.138. The predicted molar refractivity (Wildman–Crippen MR) is 128 cm³/mol. The first-order valence-corrected chi connectivity index (χ1v) is 11.7. The van der Waals surface area contributed by atoms with Crippen LogP contribution in [0.15, 0.2) is 48.5 Å². The van der Waals surface area contributed by atoms with Crippen LogP contribution in [0.25, 0.3) is 5.69 Å². The third-order valence-electron chi connectivity index (χ3n) is 6.26. The van der Waals surface area contributed by atoms with Gasteiger partial charge in [-0.1, -0.05) is 24.3 Å². The Morgan fingerprint density at radius 2 is 1.82 bits per heavy atom. The number of para-hydroxylation sites is 1. The van der Waals surface area contributed by atoms with Gasteiger partial charge in [-0.3, -0.25) is 10.2 Å². The van der Waals surface area contributed by atoms with Gasteiger partial charge in [0.15, 0.2) is 23.0 Å². The molecule has 3 aromatic rings. The van der Waals surface area contributed by atoms with Crippen molar-refractivity contribution >= 4 is 11.8 Å². The van der Waals surface area contributed by atoms with Gasteiger partial charge in [-0.15, -0.1) is 5.10 Å². The summed E-state index contributed by atoms with van der Waals surface area (Å²) in [5.41, 5.74) is -0.534. The minimum atomic E-state index is -4.89. The zero-order valence-corrected chi connectivity index (χ0v) is 20.6. The minimum Gasteiger partial charge on any atom is -0.479 e. The van der Waals surface area contributed by atoms with Gasteiger partial charge in [0.05, 0.1) is 25.4 Å². The van der Waals surface area contributed by atoms with Gasteiger partial charge in [0.25, 0.3) is 0 Å². The fourth-order valence-corrected chi connectivity index (χ4v) is 4.50. The third kappa shape index (κ3) is 5.89. The fraction of sp³-hybridized carbons (Fsp3) is 0.360. The Morgan fingerprint density at radius 3 is 2.45 bits per heavy atom. The number of benzene rings is 2. The molecule has 2 N–H and O–H groups in total. The second kappa shape index (κ2) is 11.4. The van der Waals surface area contributed by atoms with Gasteiger partial charge in [0.1, 0.15) is 0 Å². The summed E-state index contributed by atoms with van der Waals surface area (Å²) >= 11 is 0. The van der Waals surface area contributed by atoms with E-state index in [4.69, 9.17) is 9.47 Å². The number of halogens is 5. The van der Waals surface area contributed by atoms with Crippen LogP contribution in [0.4, 0.5) is 32.6 Å². The summed E-state index contributed by atoms with van der Waals surface area (Å²) in [7, 11) is 2.59. The Bertz CT molecular complexity index is 1270. The van der Waals surface area contributed by atoms with Gasteiger partial charge >= 0.3 is 12.2 Å². The number of urea groups is 1. The number of hydrogen-bond acceptors (Lipinski definition) is 5. The molecule has 38 heavy (non-hydrogen) atoms. The maximum atomic E-state index is 14.0. The SMILES string of the molecule is COCCN1CC(NC(=O)Nc2c(C(F)(F)F)c(OC)nn2-c2ccccc2)C(c2ccc(F)c(F)c2)C1. The number of carbonyl (C=O) groups excluding carboxylic acids is 1. The fourth-order valence-electron chi connectivity index (χ4n) is 4.50. The number of rotatable bonds is 8. The van der Waals surface area contributed by atoms with Crippen LogP contribution in [0.1, 0.15) is 17.0 Å². The lowest BCUT2D eigenvalue weighted by Gasteiger charge is -2.21. The summed E-state index contributed by atoms with van der Waals surface area (Å²) in [5, 5.41) is 8.90. The lowest BCUT2D eigenvalue weighted by Crippen LogP contribution is -2.42. The highest BCUT2D eigenvalue weighted by Crippen LogP contribution is 2.42. The molecule has 0 aliphatic carbocycles. The first kappa shape index (κ1) is 27.3. The second-order valence-corrected chi connectivity index (χ2v) is 8.72. The van der Waals surface area contributed by atoms with Crippen molar-refractivity contribution in [2.24, 2.45) is 0 Å². The molecule has 2 unspecified atom stereocenters. The van der Waals surface area contributed by atoms with Gasteiger partial charge in [-0.25, -0.2) is 18.3 Å². The van der Waals surface area contributed by atoms with E-state index >= 15 is 0 Å². The summed E-state index contributed by atoms with van der Waals surface area (Å²) in [4.78, 5) is 15.1. The molecule has 13 heteroatoms. The van der Waals surface area contributed by atoms with Crippen LogP contribution in [0.3, 0.4) is 0 Å². The molecule has 8 nitrogen and oxygen atoms in total. The first-order valence-electron chi connectivity index (χ1n) is 11.7. The maximum absolute atomic E-state index is 14.0. The highest BCUT2D eigenvalue weighted by molar-refractivity contribution is 5.90. The number of nitrogens with one attached hydrogen (secondary N) is 2. The van der Waals surface area contributed by atoms with Crippen LogP contribution in [-0.2, 0) is 10.9 Å². The van der Waals surface area contributed by atoms with Crippen LogP contribution in [0.5, 0.6) is 5.88 Å². The lowest BCUT2D eigenvalue weighted by atomic mass is 9.94. The number of nitrogens with zero attached hydrogens (tertiary/aromatic N) is 3. The second-order valence-electron chi connectivity index (χ2n) is 8.72. The van der Waals surface area contributed by atoms with Crippen molar-refractivity contribution in [3.05, 3.63) is 71.3 Å². The van der Waals surface area contributed by atoms with E-state index in [1.165, 1.54) is 25.3 Å². The highest BCUT2D eigenvalue weighted by atomic mass is 19.4. The minimum absolute atomic E-state index is 0.267. The van der Waals surface area contributed by atoms with Crippen molar-refractivity contribution in [3.63, 3.8) is 0 Å². The van der Waals surface area contributed by atoms with Crippen molar-refractivity contribution in [1.82, 2.24) is 20.0 Å². The van der Waals surface area contributed by atoms with Crippen LogP contribution >= 0.6 is 0 Å². The Hall–Kier alpha value is -3.71. The monoisotopic (exact) mass is 539 g/mol. The number of carbonyl (C=O) groups is 1. The number of anilines is 1. The summed E-state index contributed by atoms with van der Waals surface area (Å²) in [5.74, 6) is -3.83. The van der Waals surface area contributed by atoms with Crippen molar-refractivity contribution in [2.75, 3.05) is 45.8 Å². The van der Waals surface area contributed by atoms with Gasteiger partial charge < -0.3 is 14.8 Å². The zero-order chi connectivity index (χ0) is 27.4. The van der Waals surface area contributed by atoms with Crippen LogP contribution in [-0.4, -0.2) is 67.2 Å². The van der Waals surface area contributed by atoms with E-state index in [0.717, 1.165) is 23.9 Å². The van der Waals surface area contributed by atoms with E-state index < -0.39 is 53.1 Å². The Labute approximate surface area is 215 Å². The van der Waals surface area contributed by atoms with Crippen LogP contribution in [0.2, 0.25) is 0 Å². The number of alkyl halides is 3. The summed E-state index contributed by atoms with van der Waals surface area (Å²) in [6.45, 7) is 1.61. The Kier molecular flexibility index (Phi) is 8.17. The molecule has 0 spiro atoms. The van der Waals surface area contributed by atoms with E-state index in [0.29, 0.717) is 31.8 Å².